The third kappa shape index (κ3) is 6.47. The molecule has 0 aromatic heterocycles. The van der Waals surface area contributed by atoms with E-state index in [4.69, 9.17) is 11.6 Å². The topological polar surface area (TPSA) is 0 Å². The van der Waals surface area contributed by atoms with Crippen molar-refractivity contribution in [1.29, 1.82) is 0 Å². The van der Waals surface area contributed by atoms with E-state index < -0.39 is 0 Å². The van der Waals surface area contributed by atoms with Gasteiger partial charge in [-0.1, -0.05) is 143 Å². The second kappa shape index (κ2) is 12.7. The molecule has 0 saturated heterocycles. The van der Waals surface area contributed by atoms with Crippen molar-refractivity contribution >= 4 is 11.6 Å². The summed E-state index contributed by atoms with van der Waals surface area (Å²) in [5.41, 5.74) is 3.71. The van der Waals surface area contributed by atoms with Gasteiger partial charge in [0.2, 0.25) is 0 Å². The Morgan fingerprint density at radius 1 is 0.581 bits per heavy atom. The smallest absolute Gasteiger partial charge is 0.0465 e. The Balaban J connectivity index is 1.83. The molecule has 0 heterocycles. The minimum Gasteiger partial charge on any atom is -0.123 e. The Labute approximate surface area is 194 Å². The molecule has 164 valence electrons. The highest BCUT2D eigenvalue weighted by molar-refractivity contribution is 6.20. The Hall–Kier alpha value is -2.05. The first-order valence-electron chi connectivity index (χ1n) is 12.1. The van der Waals surface area contributed by atoms with Crippen LogP contribution >= 0.6 is 11.6 Å². The number of rotatable bonds is 13. The van der Waals surface area contributed by atoms with E-state index in [0.717, 1.165) is 12.8 Å². The third-order valence-corrected chi connectivity index (χ3v) is 6.82. The van der Waals surface area contributed by atoms with Gasteiger partial charge in [0.15, 0.2) is 0 Å². The summed E-state index contributed by atoms with van der Waals surface area (Å²) in [6.07, 6.45) is 11.2. The summed E-state index contributed by atoms with van der Waals surface area (Å²) in [4.78, 5) is 0. The molecule has 1 unspecified atom stereocenters. The number of benzene rings is 3. The SMILES string of the molecule is CCCCCCCCCC(Cl)CC(c1ccccc1)(c1ccccc1)c1ccccc1. The van der Waals surface area contributed by atoms with Crippen LogP contribution < -0.4 is 0 Å². The third-order valence-electron chi connectivity index (χ3n) is 6.45. The van der Waals surface area contributed by atoms with Gasteiger partial charge in [-0.15, -0.1) is 11.6 Å². The summed E-state index contributed by atoms with van der Waals surface area (Å²) in [6.45, 7) is 2.27. The molecule has 3 rings (SSSR count). The van der Waals surface area contributed by atoms with Crippen LogP contribution in [0.15, 0.2) is 91.0 Å². The van der Waals surface area contributed by atoms with Gasteiger partial charge in [0.1, 0.15) is 0 Å². The van der Waals surface area contributed by atoms with Crippen LogP contribution in [0.5, 0.6) is 0 Å². The average Bonchev–Trinajstić information content (AvgIpc) is 2.83. The first-order chi connectivity index (χ1) is 15.3. The highest BCUT2D eigenvalue weighted by Gasteiger charge is 2.37. The van der Waals surface area contributed by atoms with E-state index in [-0.39, 0.29) is 10.8 Å². The second-order valence-electron chi connectivity index (χ2n) is 8.71. The van der Waals surface area contributed by atoms with Crippen molar-refractivity contribution in [3.05, 3.63) is 108 Å². The molecule has 0 N–H and O–H groups in total. The van der Waals surface area contributed by atoms with Gasteiger partial charge in [-0.25, -0.2) is 0 Å². The predicted molar refractivity (Wildman–Crippen MR) is 136 cm³/mol. The normalized spacial score (nSPS) is 12.6. The fourth-order valence-electron chi connectivity index (χ4n) is 4.78. The Kier molecular flexibility index (Phi) is 9.69. The van der Waals surface area contributed by atoms with Crippen molar-refractivity contribution in [2.45, 2.75) is 75.5 Å². The predicted octanol–water partition coefficient (Wildman–Crippen LogP) is 9.16. The van der Waals surface area contributed by atoms with Crippen LogP contribution in [-0.4, -0.2) is 5.38 Å². The zero-order chi connectivity index (χ0) is 21.8. The van der Waals surface area contributed by atoms with Crippen LogP contribution in [0.1, 0.15) is 81.4 Å². The molecule has 0 saturated carbocycles. The number of hydrogen-bond acceptors (Lipinski definition) is 0. The maximum atomic E-state index is 7.08. The van der Waals surface area contributed by atoms with Crippen molar-refractivity contribution in [1.82, 2.24) is 0 Å². The molecule has 3 aromatic rings. The number of alkyl halides is 1. The van der Waals surface area contributed by atoms with Gasteiger partial charge in [0, 0.05) is 10.8 Å². The lowest BCUT2D eigenvalue weighted by Crippen LogP contribution is -2.32. The molecule has 0 aliphatic carbocycles. The molecule has 0 fully saturated rings. The lowest BCUT2D eigenvalue weighted by molar-refractivity contribution is 0.499. The Morgan fingerprint density at radius 3 is 1.39 bits per heavy atom. The first-order valence-corrected chi connectivity index (χ1v) is 12.5. The quantitative estimate of drug-likeness (QED) is 0.143. The molecule has 1 heteroatoms. The highest BCUT2D eigenvalue weighted by atomic mass is 35.5. The summed E-state index contributed by atoms with van der Waals surface area (Å²) in [6, 6.07) is 32.8. The van der Waals surface area contributed by atoms with Gasteiger partial charge in [0.05, 0.1) is 0 Å². The number of unbranched alkanes of at least 4 members (excludes halogenated alkanes) is 6. The fraction of sp³-hybridized carbons (Fsp3) is 0.400. The molecular weight excluding hydrogens is 396 g/mol. The van der Waals surface area contributed by atoms with E-state index in [1.54, 1.807) is 0 Å². The van der Waals surface area contributed by atoms with Crippen LogP contribution in [0.2, 0.25) is 0 Å². The van der Waals surface area contributed by atoms with Gasteiger partial charge < -0.3 is 0 Å². The molecule has 0 nitrogen and oxygen atoms in total. The van der Waals surface area contributed by atoms with Crippen molar-refractivity contribution in [3.63, 3.8) is 0 Å². The highest BCUT2D eigenvalue weighted by Crippen LogP contribution is 2.44. The van der Waals surface area contributed by atoms with Crippen LogP contribution in [0.3, 0.4) is 0 Å². The minimum absolute atomic E-state index is 0.135. The zero-order valence-electron chi connectivity index (χ0n) is 19.0. The van der Waals surface area contributed by atoms with Crippen LogP contribution in [0, 0.1) is 0 Å². The number of halogens is 1. The first kappa shape index (κ1) is 23.6. The Morgan fingerprint density at radius 2 is 0.968 bits per heavy atom. The van der Waals surface area contributed by atoms with Crippen molar-refractivity contribution in [3.8, 4) is 0 Å². The van der Waals surface area contributed by atoms with Crippen molar-refractivity contribution in [2.24, 2.45) is 0 Å². The van der Waals surface area contributed by atoms with Gasteiger partial charge >= 0.3 is 0 Å². The molecule has 0 aliphatic rings. The largest absolute Gasteiger partial charge is 0.123 e. The maximum absolute atomic E-state index is 7.08. The molecule has 3 aromatic carbocycles. The maximum Gasteiger partial charge on any atom is 0.0465 e. The summed E-state index contributed by atoms with van der Waals surface area (Å²) in [7, 11) is 0. The Bertz CT molecular complexity index is 745. The van der Waals surface area contributed by atoms with E-state index in [1.807, 2.05) is 0 Å². The molecule has 31 heavy (non-hydrogen) atoms. The van der Waals surface area contributed by atoms with E-state index in [2.05, 4.69) is 97.9 Å². The number of hydrogen-bond donors (Lipinski definition) is 0. The molecule has 1 atom stereocenters. The molecule has 0 aliphatic heterocycles. The fourth-order valence-corrected chi connectivity index (χ4v) is 5.16. The second-order valence-corrected chi connectivity index (χ2v) is 9.33. The van der Waals surface area contributed by atoms with Gasteiger partial charge in [-0.2, -0.15) is 0 Å². The molecular formula is C30H37Cl. The van der Waals surface area contributed by atoms with E-state index in [9.17, 15) is 0 Å². The monoisotopic (exact) mass is 432 g/mol. The van der Waals surface area contributed by atoms with Crippen molar-refractivity contribution < 1.29 is 0 Å². The van der Waals surface area contributed by atoms with E-state index in [1.165, 1.54) is 61.6 Å². The van der Waals surface area contributed by atoms with E-state index in [0.29, 0.717) is 0 Å². The van der Waals surface area contributed by atoms with Crippen molar-refractivity contribution in [2.75, 3.05) is 0 Å². The molecule has 0 amide bonds. The molecule has 0 spiro atoms. The van der Waals surface area contributed by atoms with Crippen LogP contribution in [-0.2, 0) is 5.41 Å². The summed E-state index contributed by atoms with van der Waals surface area (Å²) < 4.78 is 0. The minimum atomic E-state index is -0.239. The summed E-state index contributed by atoms with van der Waals surface area (Å²) >= 11 is 7.08. The van der Waals surface area contributed by atoms with E-state index >= 15 is 0 Å². The van der Waals surface area contributed by atoms with Crippen LogP contribution in [0.25, 0.3) is 0 Å². The molecule has 0 radical (unpaired) electrons. The van der Waals surface area contributed by atoms with Crippen LogP contribution in [0.4, 0.5) is 0 Å². The average molecular weight is 433 g/mol. The van der Waals surface area contributed by atoms with Gasteiger partial charge in [-0.3, -0.25) is 0 Å². The lowest BCUT2D eigenvalue weighted by Gasteiger charge is -2.37. The lowest BCUT2D eigenvalue weighted by atomic mass is 9.66. The summed E-state index contributed by atoms with van der Waals surface area (Å²) in [5.74, 6) is 0. The molecule has 0 bridgehead atoms. The standard InChI is InChI=1S/C30H37Cl/c1-2-3-4-5-6-7-17-24-29(31)25-30(26-18-11-8-12-19-26,27-20-13-9-14-21-27)28-22-15-10-16-23-28/h8-16,18-23,29H,2-7,17,24-25H2,1H3. The van der Waals surface area contributed by atoms with Gasteiger partial charge in [-0.05, 0) is 29.5 Å². The van der Waals surface area contributed by atoms with Gasteiger partial charge in [0.25, 0.3) is 0 Å². The zero-order valence-corrected chi connectivity index (χ0v) is 19.7. The summed E-state index contributed by atoms with van der Waals surface area (Å²) in [5, 5.41) is 0.135.